The number of carbonyl (C=O) groups excluding carboxylic acids is 1. The fourth-order valence-corrected chi connectivity index (χ4v) is 5.03. The Labute approximate surface area is 198 Å². The quantitative estimate of drug-likeness (QED) is 0.553. The van der Waals surface area contributed by atoms with E-state index in [1.165, 1.54) is 23.7 Å². The summed E-state index contributed by atoms with van der Waals surface area (Å²) in [5.74, 6) is 0.646. The van der Waals surface area contributed by atoms with Crippen molar-refractivity contribution >= 4 is 21.6 Å². The average Bonchev–Trinajstić information content (AvgIpc) is 2.84. The monoisotopic (exact) mass is 482 g/mol. The number of methoxy groups -OCH3 is 1. The lowest BCUT2D eigenvalue weighted by Crippen LogP contribution is -2.34. The minimum absolute atomic E-state index is 0.00202. The molecule has 0 fully saturated rings. The molecule has 1 aliphatic heterocycles. The van der Waals surface area contributed by atoms with Gasteiger partial charge in [0.15, 0.2) is 0 Å². The molecule has 0 aliphatic carbocycles. The van der Waals surface area contributed by atoms with Crippen molar-refractivity contribution in [1.82, 2.24) is 14.5 Å². The Balaban J connectivity index is 1.47. The zero-order valence-electron chi connectivity index (χ0n) is 19.0. The van der Waals surface area contributed by atoms with Crippen molar-refractivity contribution < 1.29 is 17.9 Å². The van der Waals surface area contributed by atoms with Crippen LogP contribution in [0.2, 0.25) is 0 Å². The number of sulfonamides is 1. The number of rotatable bonds is 7. The van der Waals surface area contributed by atoms with Gasteiger partial charge < -0.3 is 9.64 Å². The third-order valence-corrected chi connectivity index (χ3v) is 7.19. The van der Waals surface area contributed by atoms with E-state index < -0.39 is 10.0 Å². The van der Waals surface area contributed by atoms with Gasteiger partial charge in [0, 0.05) is 37.3 Å². The molecule has 0 spiro atoms. The molecular weight excluding hydrogens is 456 g/mol. The van der Waals surface area contributed by atoms with Gasteiger partial charge in [0.05, 0.1) is 24.2 Å². The summed E-state index contributed by atoms with van der Waals surface area (Å²) >= 11 is 0. The molecule has 0 saturated heterocycles. The summed E-state index contributed by atoms with van der Waals surface area (Å²) in [4.78, 5) is 25.9. The van der Waals surface area contributed by atoms with Crippen molar-refractivity contribution in [2.24, 2.45) is 0 Å². The molecule has 34 heavy (non-hydrogen) atoms. The molecule has 0 saturated carbocycles. The maximum Gasteiger partial charge on any atom is 0.266 e. The van der Waals surface area contributed by atoms with Crippen molar-refractivity contribution in [3.05, 3.63) is 70.5 Å². The highest BCUT2D eigenvalue weighted by atomic mass is 32.2. The van der Waals surface area contributed by atoms with Crippen LogP contribution in [0.1, 0.15) is 18.9 Å². The number of fused-ring (bicyclic) bond motifs is 1. The number of hydrogen-bond acceptors (Lipinski definition) is 6. The Kier molecular flexibility index (Phi) is 6.80. The highest BCUT2D eigenvalue weighted by molar-refractivity contribution is 7.89. The van der Waals surface area contributed by atoms with Crippen molar-refractivity contribution in [1.29, 1.82) is 0 Å². The van der Waals surface area contributed by atoms with E-state index in [0.717, 1.165) is 23.2 Å². The number of nitrogens with zero attached hydrogens (tertiary/aromatic N) is 3. The number of benzene rings is 2. The number of carbonyl (C=O) groups is 1. The molecule has 1 amide bonds. The number of aryl methyl sites for hydroxylation is 1. The molecule has 3 aromatic rings. The predicted octanol–water partition coefficient (Wildman–Crippen LogP) is 2.20. The molecule has 178 valence electrons. The highest BCUT2D eigenvalue weighted by Gasteiger charge is 2.23. The molecule has 2 heterocycles. The van der Waals surface area contributed by atoms with Crippen molar-refractivity contribution in [3.63, 3.8) is 0 Å². The highest BCUT2D eigenvalue weighted by Crippen LogP contribution is 2.29. The third kappa shape index (κ3) is 5.02. The molecule has 2 aromatic carbocycles. The minimum Gasteiger partial charge on any atom is -0.497 e. The van der Waals surface area contributed by atoms with E-state index >= 15 is 0 Å². The molecular formula is C24H26N4O5S. The van der Waals surface area contributed by atoms with Gasteiger partial charge in [-0.05, 0) is 66.9 Å². The van der Waals surface area contributed by atoms with Crippen molar-refractivity contribution in [2.45, 2.75) is 31.2 Å². The molecule has 0 bridgehead atoms. The number of nitrogens with one attached hydrogen (secondary N) is 1. The van der Waals surface area contributed by atoms with Crippen LogP contribution in [-0.4, -0.2) is 44.3 Å². The van der Waals surface area contributed by atoms with Gasteiger partial charge in [-0.2, -0.15) is 5.10 Å². The maximum absolute atomic E-state index is 12.8. The lowest BCUT2D eigenvalue weighted by atomic mass is 10.0. The SMILES string of the molecule is COc1ccc(-c2ccc(=O)n(CCNS(=O)(=O)c3ccc4c(c3)CCCN4C(C)=O)n2)cc1. The molecule has 0 radical (unpaired) electrons. The van der Waals surface area contributed by atoms with Crippen molar-refractivity contribution in [2.75, 3.05) is 25.1 Å². The fourth-order valence-electron chi connectivity index (χ4n) is 3.96. The van der Waals surface area contributed by atoms with Gasteiger partial charge in [0.2, 0.25) is 15.9 Å². The number of ether oxygens (including phenoxy) is 1. The molecule has 4 rings (SSSR count). The molecule has 1 aliphatic rings. The molecule has 9 nitrogen and oxygen atoms in total. The first-order valence-electron chi connectivity index (χ1n) is 10.9. The first kappa shape index (κ1) is 23.7. The van der Waals surface area contributed by atoms with Gasteiger partial charge in [-0.15, -0.1) is 0 Å². The van der Waals surface area contributed by atoms with E-state index in [1.807, 2.05) is 12.1 Å². The standard InChI is InChI=1S/C24H26N4O5S/c1-17(29)27-14-3-4-19-16-21(9-11-23(19)27)34(31,32)25-13-15-28-24(30)12-10-22(26-28)18-5-7-20(33-2)8-6-18/h5-12,16,25H,3-4,13-15H2,1-2H3. The average molecular weight is 483 g/mol. The molecule has 1 N–H and O–H groups in total. The Bertz CT molecular complexity index is 1370. The lowest BCUT2D eigenvalue weighted by molar-refractivity contribution is -0.116. The minimum atomic E-state index is -3.79. The van der Waals surface area contributed by atoms with Crippen LogP contribution in [0.15, 0.2) is 64.3 Å². The Hall–Kier alpha value is -3.50. The third-order valence-electron chi connectivity index (χ3n) is 5.73. The summed E-state index contributed by atoms with van der Waals surface area (Å²) in [5.41, 5.74) is 2.66. The van der Waals surface area contributed by atoms with Crippen LogP contribution in [0.5, 0.6) is 5.75 Å². The van der Waals surface area contributed by atoms with E-state index in [1.54, 1.807) is 42.3 Å². The lowest BCUT2D eigenvalue weighted by Gasteiger charge is -2.28. The smallest absolute Gasteiger partial charge is 0.266 e. The molecule has 1 aromatic heterocycles. The van der Waals surface area contributed by atoms with Gasteiger partial charge in [0.25, 0.3) is 5.56 Å². The van der Waals surface area contributed by atoms with E-state index in [9.17, 15) is 18.0 Å². The zero-order valence-corrected chi connectivity index (χ0v) is 19.8. The van der Waals surface area contributed by atoms with Crippen LogP contribution in [0.25, 0.3) is 11.3 Å². The van der Waals surface area contributed by atoms with Crippen LogP contribution in [0, 0.1) is 0 Å². The van der Waals surface area contributed by atoms with Crippen LogP contribution in [-0.2, 0) is 27.8 Å². The van der Waals surface area contributed by atoms with E-state index in [0.29, 0.717) is 24.4 Å². The van der Waals surface area contributed by atoms with Gasteiger partial charge in [-0.3, -0.25) is 9.59 Å². The number of aromatic nitrogens is 2. The summed E-state index contributed by atoms with van der Waals surface area (Å²) in [6.07, 6.45) is 1.49. The predicted molar refractivity (Wildman–Crippen MR) is 128 cm³/mol. The van der Waals surface area contributed by atoms with Gasteiger partial charge >= 0.3 is 0 Å². The summed E-state index contributed by atoms with van der Waals surface area (Å²) in [6.45, 7) is 2.20. The van der Waals surface area contributed by atoms with Crippen LogP contribution >= 0.6 is 0 Å². The first-order chi connectivity index (χ1) is 16.3. The van der Waals surface area contributed by atoms with Gasteiger partial charge in [-0.25, -0.2) is 17.8 Å². The summed E-state index contributed by atoms with van der Waals surface area (Å²) in [6, 6.07) is 15.1. The molecule has 10 heteroatoms. The Morgan fingerprint density at radius 1 is 1.12 bits per heavy atom. The topological polar surface area (TPSA) is 111 Å². The van der Waals surface area contributed by atoms with Crippen LogP contribution in [0.4, 0.5) is 5.69 Å². The van der Waals surface area contributed by atoms with Gasteiger partial charge in [0.1, 0.15) is 5.75 Å². The second-order valence-electron chi connectivity index (χ2n) is 7.97. The summed E-state index contributed by atoms with van der Waals surface area (Å²) in [5, 5.41) is 4.36. The zero-order chi connectivity index (χ0) is 24.3. The van der Waals surface area contributed by atoms with E-state index in [2.05, 4.69) is 9.82 Å². The van der Waals surface area contributed by atoms with E-state index in [4.69, 9.17) is 4.74 Å². The maximum atomic E-state index is 12.8. The molecule has 0 atom stereocenters. The summed E-state index contributed by atoms with van der Waals surface area (Å²) < 4.78 is 34.6. The molecule has 0 unspecified atom stereocenters. The second-order valence-corrected chi connectivity index (χ2v) is 9.74. The Morgan fingerprint density at radius 3 is 2.59 bits per heavy atom. The fraction of sp³-hybridized carbons (Fsp3) is 0.292. The number of anilines is 1. The summed E-state index contributed by atoms with van der Waals surface area (Å²) in [7, 11) is -2.21. The van der Waals surface area contributed by atoms with Crippen LogP contribution in [0.3, 0.4) is 0 Å². The normalized spacial score (nSPS) is 13.4. The van der Waals surface area contributed by atoms with Gasteiger partial charge in [-0.1, -0.05) is 0 Å². The Morgan fingerprint density at radius 2 is 1.88 bits per heavy atom. The number of hydrogen-bond donors (Lipinski definition) is 1. The van der Waals surface area contributed by atoms with Crippen molar-refractivity contribution in [3.8, 4) is 17.0 Å². The second kappa shape index (κ2) is 9.78. The first-order valence-corrected chi connectivity index (χ1v) is 12.4. The largest absolute Gasteiger partial charge is 0.497 e. The van der Waals surface area contributed by atoms with E-state index in [-0.39, 0.29) is 29.5 Å². The number of amides is 1. The van der Waals surface area contributed by atoms with Crippen LogP contribution < -0.4 is 19.9 Å².